The van der Waals surface area contributed by atoms with Crippen LogP contribution in [0.3, 0.4) is 0 Å². The summed E-state index contributed by atoms with van der Waals surface area (Å²) in [5, 5.41) is 6.99. The van der Waals surface area contributed by atoms with E-state index in [1.165, 1.54) is 0 Å². The summed E-state index contributed by atoms with van der Waals surface area (Å²) in [6.07, 6.45) is 2.93. The summed E-state index contributed by atoms with van der Waals surface area (Å²) in [5.74, 6) is 0.0409. The van der Waals surface area contributed by atoms with Gasteiger partial charge in [-0.25, -0.2) is 0 Å². The van der Waals surface area contributed by atoms with Crippen LogP contribution in [0.25, 0.3) is 0 Å². The standard InChI is InChI=1S/C26H38ClN2O2P/c1-8-22(26(31)29-25-19(6)14-21(27)15-20(25)7)32(9-2,10-3)16-23(30)28-24-17(4)12-11-13-18(24)5/h11-15,22,32H,8-10,16H2,1-7H3,(H,28,30)(H,29,31). The second kappa shape index (κ2) is 11.3. The van der Waals surface area contributed by atoms with Gasteiger partial charge in [0, 0.05) is 0 Å². The van der Waals surface area contributed by atoms with Crippen LogP contribution in [-0.2, 0) is 9.59 Å². The van der Waals surface area contributed by atoms with Crippen molar-refractivity contribution in [1.29, 1.82) is 0 Å². The van der Waals surface area contributed by atoms with E-state index < -0.39 is 7.26 Å². The molecule has 2 amide bonds. The SMILES string of the molecule is CCC(C(=O)Nc1c(C)cc(Cl)cc1C)[PH](CC)(CC)CC(=O)Nc1c(C)cccc1C. The van der Waals surface area contributed by atoms with Crippen molar-refractivity contribution in [2.75, 3.05) is 29.1 Å². The Balaban J connectivity index is 2.29. The summed E-state index contributed by atoms with van der Waals surface area (Å²) in [5.41, 5.74) is 5.58. The van der Waals surface area contributed by atoms with Crippen molar-refractivity contribution in [1.82, 2.24) is 0 Å². The normalized spacial score (nSPS) is 12.9. The topological polar surface area (TPSA) is 58.2 Å². The fourth-order valence-corrected chi connectivity index (χ4v) is 9.63. The summed E-state index contributed by atoms with van der Waals surface area (Å²) in [4.78, 5) is 26.7. The van der Waals surface area contributed by atoms with Gasteiger partial charge in [0.05, 0.1) is 0 Å². The fraction of sp³-hybridized carbons (Fsp3) is 0.462. The van der Waals surface area contributed by atoms with E-state index in [-0.39, 0.29) is 17.5 Å². The van der Waals surface area contributed by atoms with Gasteiger partial charge in [-0.05, 0) is 0 Å². The molecule has 4 nitrogen and oxygen atoms in total. The van der Waals surface area contributed by atoms with E-state index in [0.29, 0.717) is 11.2 Å². The third-order valence-electron chi connectivity index (χ3n) is 6.88. The number of hydrogen-bond acceptors (Lipinski definition) is 2. The first-order valence-corrected chi connectivity index (χ1v) is 14.6. The molecule has 0 aromatic heterocycles. The number of amides is 2. The molecule has 0 radical (unpaired) electrons. The Morgan fingerprint density at radius 3 is 1.84 bits per heavy atom. The molecule has 0 saturated heterocycles. The molecule has 2 rings (SSSR count). The van der Waals surface area contributed by atoms with Crippen molar-refractivity contribution in [2.24, 2.45) is 0 Å². The van der Waals surface area contributed by atoms with Gasteiger partial charge in [0.1, 0.15) is 0 Å². The van der Waals surface area contributed by atoms with Crippen molar-refractivity contribution >= 4 is 42.1 Å². The van der Waals surface area contributed by atoms with Crippen molar-refractivity contribution in [3.63, 3.8) is 0 Å². The van der Waals surface area contributed by atoms with E-state index in [2.05, 4.69) is 31.4 Å². The summed E-state index contributed by atoms with van der Waals surface area (Å²) >= 11 is 6.16. The van der Waals surface area contributed by atoms with Crippen LogP contribution in [-0.4, -0.2) is 36.0 Å². The molecule has 0 saturated carbocycles. The number of rotatable bonds is 9. The number of benzene rings is 2. The van der Waals surface area contributed by atoms with Gasteiger partial charge in [-0.1, -0.05) is 0 Å². The van der Waals surface area contributed by atoms with Crippen LogP contribution in [0.1, 0.15) is 49.4 Å². The van der Waals surface area contributed by atoms with E-state index in [1.807, 2.05) is 58.0 Å². The monoisotopic (exact) mass is 476 g/mol. The molecule has 0 aliphatic heterocycles. The number of carbonyl (C=O) groups excluding carboxylic acids is 2. The second-order valence-corrected chi connectivity index (χ2v) is 14.6. The van der Waals surface area contributed by atoms with Crippen LogP contribution in [0.5, 0.6) is 0 Å². The zero-order valence-corrected chi connectivity index (χ0v) is 22.2. The molecule has 0 bridgehead atoms. The van der Waals surface area contributed by atoms with Crippen molar-refractivity contribution in [3.8, 4) is 0 Å². The number of aryl methyl sites for hydroxylation is 4. The third-order valence-corrected chi connectivity index (χ3v) is 13.1. The molecule has 2 aromatic carbocycles. The molecule has 176 valence electrons. The molecular formula is C26H38ClN2O2P. The second-order valence-electron chi connectivity index (χ2n) is 8.93. The summed E-state index contributed by atoms with van der Waals surface area (Å²) in [7, 11) is -2.24. The van der Waals surface area contributed by atoms with E-state index in [9.17, 15) is 9.59 Å². The van der Waals surface area contributed by atoms with Crippen molar-refractivity contribution in [3.05, 3.63) is 57.6 Å². The summed E-state index contributed by atoms with van der Waals surface area (Å²) < 4.78 is 0. The number of carbonyl (C=O) groups is 2. The minimum absolute atomic E-state index is 0.0165. The number of para-hydroxylation sites is 1. The Morgan fingerprint density at radius 2 is 1.38 bits per heavy atom. The van der Waals surface area contributed by atoms with E-state index in [1.54, 1.807) is 0 Å². The Morgan fingerprint density at radius 1 is 0.875 bits per heavy atom. The number of halogens is 1. The van der Waals surface area contributed by atoms with Gasteiger partial charge in [-0.3, -0.25) is 0 Å². The van der Waals surface area contributed by atoms with E-state index >= 15 is 0 Å². The first-order chi connectivity index (χ1) is 15.1. The van der Waals surface area contributed by atoms with Crippen LogP contribution in [0.4, 0.5) is 11.4 Å². The van der Waals surface area contributed by atoms with E-state index in [0.717, 1.165) is 52.4 Å². The molecule has 0 heterocycles. The fourth-order valence-electron chi connectivity index (χ4n) is 4.85. The molecule has 32 heavy (non-hydrogen) atoms. The molecule has 1 unspecified atom stereocenters. The first-order valence-electron chi connectivity index (χ1n) is 11.5. The number of hydrogen-bond donors (Lipinski definition) is 2. The van der Waals surface area contributed by atoms with Gasteiger partial charge < -0.3 is 0 Å². The van der Waals surface area contributed by atoms with Crippen LogP contribution in [0.2, 0.25) is 5.02 Å². The van der Waals surface area contributed by atoms with Crippen LogP contribution in [0, 0.1) is 27.7 Å². The third kappa shape index (κ3) is 5.91. The van der Waals surface area contributed by atoms with Gasteiger partial charge in [0.25, 0.3) is 0 Å². The molecule has 0 spiro atoms. The number of anilines is 2. The first kappa shape index (κ1) is 26.4. The van der Waals surface area contributed by atoms with Gasteiger partial charge in [0.2, 0.25) is 0 Å². The average molecular weight is 477 g/mol. The average Bonchev–Trinajstić information content (AvgIpc) is 2.73. The molecule has 0 aliphatic rings. The van der Waals surface area contributed by atoms with Crippen LogP contribution < -0.4 is 10.6 Å². The predicted molar refractivity (Wildman–Crippen MR) is 142 cm³/mol. The predicted octanol–water partition coefficient (Wildman–Crippen LogP) is 6.72. The van der Waals surface area contributed by atoms with Crippen molar-refractivity contribution < 1.29 is 9.59 Å². The molecule has 2 N–H and O–H groups in total. The van der Waals surface area contributed by atoms with Crippen LogP contribution in [0.15, 0.2) is 30.3 Å². The van der Waals surface area contributed by atoms with Gasteiger partial charge in [-0.15, -0.1) is 0 Å². The Labute approximate surface area is 198 Å². The molecule has 0 fully saturated rings. The molecule has 1 atom stereocenters. The number of nitrogens with one attached hydrogen (secondary N) is 2. The van der Waals surface area contributed by atoms with Gasteiger partial charge >= 0.3 is 199 Å². The van der Waals surface area contributed by atoms with Crippen LogP contribution >= 0.6 is 18.9 Å². The molecule has 2 aromatic rings. The molecule has 6 heteroatoms. The summed E-state index contributed by atoms with van der Waals surface area (Å²) in [6.45, 7) is 14.3. The Hall–Kier alpha value is -1.90. The summed E-state index contributed by atoms with van der Waals surface area (Å²) in [6, 6.07) is 9.74. The minimum atomic E-state index is -2.24. The quantitative estimate of drug-likeness (QED) is 0.394. The van der Waals surface area contributed by atoms with Gasteiger partial charge in [0.15, 0.2) is 0 Å². The zero-order valence-electron chi connectivity index (χ0n) is 20.5. The maximum absolute atomic E-state index is 13.5. The Bertz CT molecular complexity index is 943. The maximum atomic E-state index is 13.5. The van der Waals surface area contributed by atoms with Gasteiger partial charge in [-0.2, -0.15) is 0 Å². The molecule has 0 aliphatic carbocycles. The molecular weight excluding hydrogens is 439 g/mol. The van der Waals surface area contributed by atoms with E-state index in [4.69, 9.17) is 11.6 Å². The zero-order chi connectivity index (χ0) is 24.1. The van der Waals surface area contributed by atoms with Crippen molar-refractivity contribution in [2.45, 2.75) is 60.5 Å². The Kier molecular flexibility index (Phi) is 9.30.